The fourth-order valence-electron chi connectivity index (χ4n) is 1.92. The number of benzene rings is 1. The third kappa shape index (κ3) is 7.02. The summed E-state index contributed by atoms with van der Waals surface area (Å²) < 4.78 is 32.1. The van der Waals surface area contributed by atoms with Crippen LogP contribution >= 0.6 is 31.9 Å². The molecule has 0 atom stereocenters. The van der Waals surface area contributed by atoms with Crippen LogP contribution in [-0.4, -0.2) is 11.9 Å². The Labute approximate surface area is 136 Å². The number of alkyl halides is 1. The second-order valence-electron chi connectivity index (χ2n) is 4.71. The maximum Gasteiger partial charge on any atom is 0.169 e. The van der Waals surface area contributed by atoms with Crippen LogP contribution in [0.3, 0.4) is 0 Å². The Morgan fingerprint density at radius 3 is 2.10 bits per heavy atom. The van der Waals surface area contributed by atoms with E-state index < -0.39 is 11.6 Å². The highest BCUT2D eigenvalue weighted by Gasteiger charge is 2.10. The zero-order valence-corrected chi connectivity index (χ0v) is 14.6. The number of hydrogen-bond acceptors (Lipinski definition) is 1. The third-order valence-electron chi connectivity index (χ3n) is 2.99. The van der Waals surface area contributed by atoms with Gasteiger partial charge >= 0.3 is 0 Å². The van der Waals surface area contributed by atoms with Gasteiger partial charge in [0.05, 0.1) is 11.1 Å². The molecule has 1 aromatic rings. The van der Waals surface area contributed by atoms with Crippen LogP contribution in [0.1, 0.15) is 44.9 Å². The van der Waals surface area contributed by atoms with E-state index in [0.29, 0.717) is 11.1 Å². The highest BCUT2D eigenvalue weighted by molar-refractivity contribution is 9.10. The number of rotatable bonds is 10. The second kappa shape index (κ2) is 10.6. The van der Waals surface area contributed by atoms with Gasteiger partial charge in [-0.15, -0.1) is 0 Å². The number of unbranched alkanes of at least 4 members (excludes halogenated alkanes) is 6. The van der Waals surface area contributed by atoms with E-state index in [1.54, 1.807) is 0 Å². The lowest BCUT2D eigenvalue weighted by Gasteiger charge is -2.09. The molecule has 0 unspecified atom stereocenters. The van der Waals surface area contributed by atoms with Gasteiger partial charge in [0.2, 0.25) is 0 Å². The average Bonchev–Trinajstić information content (AvgIpc) is 2.39. The van der Waals surface area contributed by atoms with Gasteiger partial charge < -0.3 is 4.74 Å². The smallest absolute Gasteiger partial charge is 0.169 e. The molecule has 0 radical (unpaired) electrons. The van der Waals surface area contributed by atoms with Gasteiger partial charge in [-0.25, -0.2) is 8.78 Å². The Balaban J connectivity index is 2.13. The van der Waals surface area contributed by atoms with E-state index in [2.05, 4.69) is 31.9 Å². The molecule has 0 amide bonds. The van der Waals surface area contributed by atoms with Crippen LogP contribution in [0.5, 0.6) is 5.75 Å². The molecular formula is C15H20Br2F2O. The van der Waals surface area contributed by atoms with Crippen molar-refractivity contribution in [2.75, 3.05) is 11.9 Å². The highest BCUT2D eigenvalue weighted by atomic mass is 79.9. The Bertz CT molecular complexity index is 376. The summed E-state index contributed by atoms with van der Waals surface area (Å²) in [6, 6.07) is 2.05. The highest BCUT2D eigenvalue weighted by Crippen LogP contribution is 2.29. The van der Waals surface area contributed by atoms with Gasteiger partial charge in [-0.1, -0.05) is 48.0 Å². The fraction of sp³-hybridized carbons (Fsp3) is 0.600. The Morgan fingerprint density at radius 1 is 0.900 bits per heavy atom. The molecule has 0 bridgehead atoms. The van der Waals surface area contributed by atoms with E-state index in [0.717, 1.165) is 24.2 Å². The lowest BCUT2D eigenvalue weighted by Crippen LogP contribution is -2.00. The van der Waals surface area contributed by atoms with Gasteiger partial charge in [-0.2, -0.15) is 0 Å². The van der Waals surface area contributed by atoms with Crippen molar-refractivity contribution in [3.05, 3.63) is 28.2 Å². The minimum absolute atomic E-state index is 0.101. The fourth-order valence-corrected chi connectivity index (χ4v) is 2.84. The van der Waals surface area contributed by atoms with Crippen LogP contribution in [0.4, 0.5) is 8.78 Å². The van der Waals surface area contributed by atoms with E-state index >= 15 is 0 Å². The zero-order chi connectivity index (χ0) is 14.8. The second-order valence-corrected chi connectivity index (χ2v) is 6.36. The topological polar surface area (TPSA) is 9.23 Å². The molecule has 1 aromatic carbocycles. The van der Waals surface area contributed by atoms with Crippen LogP contribution in [0.25, 0.3) is 0 Å². The maximum absolute atomic E-state index is 13.5. The van der Waals surface area contributed by atoms with Gasteiger partial charge in [-0.05, 0) is 34.8 Å². The van der Waals surface area contributed by atoms with Crippen LogP contribution in [-0.2, 0) is 0 Å². The van der Waals surface area contributed by atoms with Gasteiger partial charge in [0.25, 0.3) is 0 Å². The molecule has 0 aliphatic rings. The molecule has 0 fully saturated rings. The van der Waals surface area contributed by atoms with E-state index in [9.17, 15) is 8.78 Å². The number of hydrogen-bond donors (Lipinski definition) is 0. The third-order valence-corrected chi connectivity index (χ3v) is 4.14. The summed E-state index contributed by atoms with van der Waals surface area (Å²) in [7, 11) is 0. The summed E-state index contributed by atoms with van der Waals surface area (Å²) >= 11 is 6.52. The molecule has 114 valence electrons. The summed E-state index contributed by atoms with van der Waals surface area (Å²) in [5.41, 5.74) is 0. The average molecular weight is 414 g/mol. The van der Waals surface area contributed by atoms with E-state index in [4.69, 9.17) is 4.74 Å². The maximum atomic E-state index is 13.5. The van der Waals surface area contributed by atoms with Crippen LogP contribution in [0, 0.1) is 11.6 Å². The molecule has 0 aromatic heterocycles. The molecule has 0 heterocycles. The molecule has 0 N–H and O–H groups in total. The molecule has 0 spiro atoms. The van der Waals surface area contributed by atoms with Crippen molar-refractivity contribution in [3.8, 4) is 5.75 Å². The summed E-state index contributed by atoms with van der Waals surface area (Å²) in [4.78, 5) is 0. The summed E-state index contributed by atoms with van der Waals surface area (Å²) in [6.45, 7) is 0.461. The molecular weight excluding hydrogens is 394 g/mol. The minimum atomic E-state index is -0.661. The molecule has 5 heteroatoms. The Kier molecular flexibility index (Phi) is 9.44. The molecule has 0 aliphatic carbocycles. The Hall–Kier alpha value is -0.160. The van der Waals surface area contributed by atoms with Crippen LogP contribution in [0.2, 0.25) is 0 Å². The quantitative estimate of drug-likeness (QED) is 0.326. The van der Waals surface area contributed by atoms with E-state index in [-0.39, 0.29) is 5.75 Å². The van der Waals surface area contributed by atoms with Crippen molar-refractivity contribution in [2.45, 2.75) is 44.9 Å². The Morgan fingerprint density at radius 2 is 1.50 bits per heavy atom. The van der Waals surface area contributed by atoms with Crippen molar-refractivity contribution >= 4 is 31.9 Å². The van der Waals surface area contributed by atoms with Crippen molar-refractivity contribution < 1.29 is 13.5 Å². The predicted octanol–water partition coefficient (Wildman–Crippen LogP) is 6.23. The lowest BCUT2D eigenvalue weighted by molar-refractivity contribution is 0.287. The molecule has 20 heavy (non-hydrogen) atoms. The first kappa shape index (κ1) is 17.9. The molecule has 0 saturated carbocycles. The monoisotopic (exact) mass is 412 g/mol. The zero-order valence-electron chi connectivity index (χ0n) is 11.4. The SMILES string of the molecule is Fc1cc(F)c(OCCCCCCCCCBr)c(Br)c1. The minimum Gasteiger partial charge on any atom is -0.489 e. The van der Waals surface area contributed by atoms with Gasteiger partial charge in [-0.3, -0.25) is 0 Å². The molecule has 1 rings (SSSR count). The lowest BCUT2D eigenvalue weighted by atomic mass is 10.1. The van der Waals surface area contributed by atoms with Crippen molar-refractivity contribution in [2.24, 2.45) is 0 Å². The van der Waals surface area contributed by atoms with E-state index in [1.807, 2.05) is 0 Å². The van der Waals surface area contributed by atoms with Crippen molar-refractivity contribution in [1.82, 2.24) is 0 Å². The summed E-state index contributed by atoms with van der Waals surface area (Å²) in [5, 5.41) is 1.08. The molecule has 0 aliphatic heterocycles. The van der Waals surface area contributed by atoms with Crippen LogP contribution < -0.4 is 4.74 Å². The van der Waals surface area contributed by atoms with E-state index in [1.165, 1.54) is 38.2 Å². The van der Waals surface area contributed by atoms with Gasteiger partial charge in [0, 0.05) is 11.4 Å². The first-order chi connectivity index (χ1) is 9.65. The largest absolute Gasteiger partial charge is 0.489 e. The summed E-state index contributed by atoms with van der Waals surface area (Å²) in [5.74, 6) is -1.17. The standard InChI is InChI=1S/C15H20Br2F2O/c16-8-6-4-2-1-3-5-7-9-20-15-13(17)10-12(18)11-14(15)19/h10-11H,1-9H2. The van der Waals surface area contributed by atoms with Crippen molar-refractivity contribution in [3.63, 3.8) is 0 Å². The number of ether oxygens (including phenoxy) is 1. The normalized spacial score (nSPS) is 10.8. The number of halogens is 4. The van der Waals surface area contributed by atoms with Crippen molar-refractivity contribution in [1.29, 1.82) is 0 Å². The summed E-state index contributed by atoms with van der Waals surface area (Å²) in [6.07, 6.45) is 8.16. The first-order valence-electron chi connectivity index (χ1n) is 6.98. The molecule has 1 nitrogen and oxygen atoms in total. The first-order valence-corrected chi connectivity index (χ1v) is 8.90. The van der Waals surface area contributed by atoms with Crippen LogP contribution in [0.15, 0.2) is 16.6 Å². The predicted molar refractivity (Wildman–Crippen MR) is 85.7 cm³/mol. The van der Waals surface area contributed by atoms with Gasteiger partial charge in [0.15, 0.2) is 11.6 Å². The molecule has 0 saturated heterocycles. The van der Waals surface area contributed by atoms with Gasteiger partial charge in [0.1, 0.15) is 5.82 Å².